The quantitative estimate of drug-likeness (QED) is 0.844. The van der Waals surface area contributed by atoms with Gasteiger partial charge in [-0.15, -0.1) is 0 Å². The molecule has 2 atom stereocenters. The third-order valence-corrected chi connectivity index (χ3v) is 4.13. The van der Waals surface area contributed by atoms with E-state index in [0.29, 0.717) is 24.3 Å². The molecule has 2 saturated carbocycles. The largest absolute Gasteiger partial charge is 0.349 e. The van der Waals surface area contributed by atoms with Gasteiger partial charge in [0.2, 0.25) is 5.91 Å². The summed E-state index contributed by atoms with van der Waals surface area (Å²) in [5.74, 6) is 2.71. The van der Waals surface area contributed by atoms with Crippen LogP contribution >= 0.6 is 0 Å². The summed E-state index contributed by atoms with van der Waals surface area (Å²) in [5.41, 5.74) is 0. The van der Waals surface area contributed by atoms with E-state index < -0.39 is 0 Å². The van der Waals surface area contributed by atoms with Crippen LogP contribution in [-0.4, -0.2) is 20.7 Å². The minimum Gasteiger partial charge on any atom is -0.349 e. The summed E-state index contributed by atoms with van der Waals surface area (Å²) in [6.07, 6.45) is 5.34. The highest BCUT2D eigenvalue weighted by Crippen LogP contribution is 2.57. The van der Waals surface area contributed by atoms with E-state index in [1.165, 1.54) is 25.6 Å². The molecule has 0 radical (unpaired) electrons. The van der Waals surface area contributed by atoms with Crippen molar-refractivity contribution in [2.24, 2.45) is 17.8 Å². The number of nitrogens with one attached hydrogen (secondary N) is 1. The molecule has 1 heterocycles. The summed E-state index contributed by atoms with van der Waals surface area (Å²) in [7, 11) is 0. The molecule has 5 nitrogen and oxygen atoms in total. The van der Waals surface area contributed by atoms with E-state index in [4.69, 9.17) is 0 Å². The summed E-state index contributed by atoms with van der Waals surface area (Å²) in [5, 5.41) is 7.07. The van der Waals surface area contributed by atoms with Crippen molar-refractivity contribution in [1.29, 1.82) is 0 Å². The van der Waals surface area contributed by atoms with Crippen molar-refractivity contribution in [3.8, 4) is 0 Å². The Hall–Kier alpha value is -1.39. The van der Waals surface area contributed by atoms with Gasteiger partial charge in [-0.05, 0) is 31.6 Å². The number of fused-ring (bicyclic) bond motifs is 1. The van der Waals surface area contributed by atoms with Crippen LogP contribution in [0.1, 0.15) is 32.0 Å². The van der Waals surface area contributed by atoms with E-state index in [1.807, 2.05) is 11.6 Å². The zero-order valence-corrected chi connectivity index (χ0v) is 10.1. The van der Waals surface area contributed by atoms with Crippen LogP contribution in [0.4, 0.5) is 0 Å². The zero-order valence-electron chi connectivity index (χ0n) is 10.1. The van der Waals surface area contributed by atoms with Crippen LogP contribution in [0.2, 0.25) is 0 Å². The number of rotatable bonds is 4. The fourth-order valence-electron chi connectivity index (χ4n) is 3.18. The average molecular weight is 234 g/mol. The lowest BCUT2D eigenvalue weighted by Gasteiger charge is -2.06. The number of carbonyl (C=O) groups excluding carboxylic acids is 1. The Bertz CT molecular complexity index is 418. The molecule has 0 bridgehead atoms. The highest BCUT2D eigenvalue weighted by atomic mass is 16.2. The molecule has 3 rings (SSSR count). The fraction of sp³-hybridized carbons (Fsp3) is 0.750. The van der Waals surface area contributed by atoms with E-state index in [9.17, 15) is 4.79 Å². The van der Waals surface area contributed by atoms with Gasteiger partial charge in [-0.25, -0.2) is 9.67 Å². The summed E-state index contributed by atoms with van der Waals surface area (Å²) < 4.78 is 1.81. The zero-order chi connectivity index (χ0) is 11.8. The SMILES string of the molecule is CCn1ncnc1CNC(=O)C1C2CCCC21. The Labute approximate surface area is 101 Å². The maximum absolute atomic E-state index is 11.9. The first kappa shape index (κ1) is 10.7. The summed E-state index contributed by atoms with van der Waals surface area (Å²) in [6, 6.07) is 0. The lowest BCUT2D eigenvalue weighted by Crippen LogP contribution is -2.27. The third-order valence-electron chi connectivity index (χ3n) is 4.13. The van der Waals surface area contributed by atoms with E-state index in [1.54, 1.807) is 0 Å². The van der Waals surface area contributed by atoms with Gasteiger partial charge in [-0.1, -0.05) is 6.42 Å². The van der Waals surface area contributed by atoms with Crippen LogP contribution in [0.15, 0.2) is 6.33 Å². The molecule has 1 aromatic heterocycles. The van der Waals surface area contributed by atoms with Crippen molar-refractivity contribution >= 4 is 5.91 Å². The van der Waals surface area contributed by atoms with Crippen LogP contribution in [0.3, 0.4) is 0 Å². The first-order valence-electron chi connectivity index (χ1n) is 6.45. The molecule has 2 unspecified atom stereocenters. The predicted octanol–water partition coefficient (Wildman–Crippen LogP) is 0.960. The maximum Gasteiger partial charge on any atom is 0.224 e. The smallest absolute Gasteiger partial charge is 0.224 e. The number of hydrogen-bond acceptors (Lipinski definition) is 3. The van der Waals surface area contributed by atoms with Gasteiger partial charge in [0.05, 0.1) is 6.54 Å². The van der Waals surface area contributed by atoms with Crippen LogP contribution in [0.5, 0.6) is 0 Å². The third kappa shape index (κ3) is 1.83. The van der Waals surface area contributed by atoms with Crippen molar-refractivity contribution in [3.63, 3.8) is 0 Å². The Morgan fingerprint density at radius 3 is 3.00 bits per heavy atom. The van der Waals surface area contributed by atoms with Crippen molar-refractivity contribution in [3.05, 3.63) is 12.2 Å². The maximum atomic E-state index is 11.9. The second kappa shape index (κ2) is 4.13. The molecular weight excluding hydrogens is 216 g/mol. The summed E-state index contributed by atoms with van der Waals surface area (Å²) in [4.78, 5) is 16.1. The van der Waals surface area contributed by atoms with E-state index in [-0.39, 0.29) is 5.91 Å². The summed E-state index contributed by atoms with van der Waals surface area (Å²) in [6.45, 7) is 3.31. The van der Waals surface area contributed by atoms with Gasteiger partial charge >= 0.3 is 0 Å². The molecular formula is C12H18N4O. The van der Waals surface area contributed by atoms with Crippen LogP contribution in [0.25, 0.3) is 0 Å². The van der Waals surface area contributed by atoms with E-state index in [0.717, 1.165) is 12.4 Å². The second-order valence-electron chi connectivity index (χ2n) is 4.99. The van der Waals surface area contributed by atoms with Crippen molar-refractivity contribution in [1.82, 2.24) is 20.1 Å². The molecule has 5 heteroatoms. The molecule has 1 amide bonds. The standard InChI is InChI=1S/C12H18N4O/c1-2-16-10(14-7-15-16)6-13-12(17)11-8-4-3-5-9(8)11/h7-9,11H,2-6H2,1H3,(H,13,17). The molecule has 92 valence electrons. The highest BCUT2D eigenvalue weighted by Gasteiger charge is 2.56. The molecule has 2 aliphatic carbocycles. The van der Waals surface area contributed by atoms with E-state index >= 15 is 0 Å². The first-order chi connectivity index (χ1) is 8.31. The van der Waals surface area contributed by atoms with Gasteiger partial charge < -0.3 is 5.32 Å². The Kier molecular flexibility index (Phi) is 2.61. The number of hydrogen-bond donors (Lipinski definition) is 1. The van der Waals surface area contributed by atoms with Gasteiger partial charge in [0.25, 0.3) is 0 Å². The van der Waals surface area contributed by atoms with Crippen molar-refractivity contribution in [2.45, 2.75) is 39.3 Å². The molecule has 17 heavy (non-hydrogen) atoms. The normalized spacial score (nSPS) is 30.1. The Morgan fingerprint density at radius 2 is 2.29 bits per heavy atom. The minimum absolute atomic E-state index is 0.213. The lowest BCUT2D eigenvalue weighted by atomic mass is 10.1. The number of amides is 1. The van der Waals surface area contributed by atoms with Gasteiger partial charge in [0.1, 0.15) is 12.2 Å². The second-order valence-corrected chi connectivity index (χ2v) is 4.99. The van der Waals surface area contributed by atoms with E-state index in [2.05, 4.69) is 15.4 Å². The Morgan fingerprint density at radius 1 is 1.53 bits per heavy atom. The molecule has 0 spiro atoms. The average Bonchev–Trinajstić information content (AvgIpc) is 2.75. The first-order valence-corrected chi connectivity index (χ1v) is 6.45. The Balaban J connectivity index is 1.53. The van der Waals surface area contributed by atoms with Crippen molar-refractivity contribution in [2.75, 3.05) is 0 Å². The van der Waals surface area contributed by atoms with Gasteiger partial charge in [0.15, 0.2) is 0 Å². The lowest BCUT2D eigenvalue weighted by molar-refractivity contribution is -0.123. The monoisotopic (exact) mass is 234 g/mol. The van der Waals surface area contributed by atoms with Crippen LogP contribution in [0, 0.1) is 17.8 Å². The topological polar surface area (TPSA) is 59.8 Å². The van der Waals surface area contributed by atoms with Gasteiger partial charge in [-0.2, -0.15) is 5.10 Å². The molecule has 1 aromatic rings. The molecule has 2 aliphatic rings. The highest BCUT2D eigenvalue weighted by molar-refractivity contribution is 5.82. The van der Waals surface area contributed by atoms with Crippen LogP contribution < -0.4 is 5.32 Å². The van der Waals surface area contributed by atoms with Gasteiger partial charge in [-0.3, -0.25) is 4.79 Å². The molecule has 0 aliphatic heterocycles. The molecule has 0 saturated heterocycles. The molecule has 1 N–H and O–H groups in total. The number of aromatic nitrogens is 3. The minimum atomic E-state index is 0.213. The number of aryl methyl sites for hydroxylation is 1. The number of carbonyl (C=O) groups is 1. The molecule has 2 fully saturated rings. The predicted molar refractivity (Wildman–Crippen MR) is 61.9 cm³/mol. The molecule has 0 aromatic carbocycles. The van der Waals surface area contributed by atoms with Crippen LogP contribution in [-0.2, 0) is 17.9 Å². The van der Waals surface area contributed by atoms with Gasteiger partial charge in [0, 0.05) is 12.5 Å². The summed E-state index contributed by atoms with van der Waals surface area (Å²) >= 11 is 0. The number of nitrogens with zero attached hydrogens (tertiary/aromatic N) is 3. The fourth-order valence-corrected chi connectivity index (χ4v) is 3.18. The van der Waals surface area contributed by atoms with Crippen molar-refractivity contribution < 1.29 is 4.79 Å².